The first-order chi connectivity index (χ1) is 15.8. The summed E-state index contributed by atoms with van der Waals surface area (Å²) in [6.07, 6.45) is 5.98. The fourth-order valence-corrected chi connectivity index (χ4v) is 4.33. The van der Waals surface area contributed by atoms with Gasteiger partial charge in [0.1, 0.15) is 5.65 Å². The highest BCUT2D eigenvalue weighted by atomic mass is 16.5. The van der Waals surface area contributed by atoms with Gasteiger partial charge in [0, 0.05) is 47.5 Å². The first-order valence-corrected chi connectivity index (χ1v) is 10.8. The van der Waals surface area contributed by atoms with Crippen molar-refractivity contribution in [3.63, 3.8) is 0 Å². The van der Waals surface area contributed by atoms with Gasteiger partial charge < -0.3 is 14.6 Å². The minimum Gasteiger partial charge on any atom is -0.378 e. The number of pyridine rings is 1. The van der Waals surface area contributed by atoms with Crippen LogP contribution in [0.4, 0.5) is 0 Å². The molecule has 1 aliphatic heterocycles. The normalized spacial score (nSPS) is 14.3. The standard InChI is InChI=1S/C26H22N4O2/c31-26(29-11-13-32-14-12-29)19-3-1-18(2-4-19)22-6-8-25-28-16-24(30(25)17-22)21-5-7-23-20(15-21)9-10-27-23/h1-10,15-17,27H,11-14H2. The van der Waals surface area contributed by atoms with Crippen LogP contribution in [-0.2, 0) is 4.74 Å². The summed E-state index contributed by atoms with van der Waals surface area (Å²) in [6, 6.07) is 20.4. The Bertz CT molecular complexity index is 1430. The van der Waals surface area contributed by atoms with Crippen molar-refractivity contribution in [3.8, 4) is 22.4 Å². The molecule has 0 spiro atoms. The molecule has 5 aromatic rings. The number of carbonyl (C=O) groups is 1. The Morgan fingerprint density at radius 3 is 2.53 bits per heavy atom. The van der Waals surface area contributed by atoms with E-state index in [0.29, 0.717) is 31.9 Å². The zero-order valence-electron chi connectivity index (χ0n) is 17.5. The lowest BCUT2D eigenvalue weighted by Gasteiger charge is -2.26. The number of H-pyrrole nitrogens is 1. The van der Waals surface area contributed by atoms with Gasteiger partial charge in [-0.3, -0.25) is 9.20 Å². The number of nitrogens with one attached hydrogen (secondary N) is 1. The Labute approximate surface area is 185 Å². The molecule has 0 bridgehead atoms. The second-order valence-corrected chi connectivity index (χ2v) is 8.05. The summed E-state index contributed by atoms with van der Waals surface area (Å²) < 4.78 is 7.47. The Hall–Kier alpha value is -3.90. The van der Waals surface area contributed by atoms with Crippen molar-refractivity contribution >= 4 is 22.5 Å². The zero-order valence-corrected chi connectivity index (χ0v) is 17.5. The zero-order chi connectivity index (χ0) is 21.5. The van der Waals surface area contributed by atoms with Crippen LogP contribution in [0.25, 0.3) is 38.9 Å². The number of amides is 1. The van der Waals surface area contributed by atoms with Crippen molar-refractivity contribution in [1.29, 1.82) is 0 Å². The third-order valence-corrected chi connectivity index (χ3v) is 6.12. The van der Waals surface area contributed by atoms with E-state index in [1.807, 2.05) is 47.6 Å². The minimum absolute atomic E-state index is 0.0624. The van der Waals surface area contributed by atoms with Crippen molar-refractivity contribution in [2.45, 2.75) is 0 Å². The maximum atomic E-state index is 12.7. The SMILES string of the molecule is O=C(c1ccc(-c2ccc3ncc(-c4ccc5[nH]ccc5c4)n3c2)cc1)N1CCOCC1. The number of nitrogens with zero attached hydrogens (tertiary/aromatic N) is 3. The molecule has 1 N–H and O–H groups in total. The van der Waals surface area contributed by atoms with Crippen LogP contribution in [0.1, 0.15) is 10.4 Å². The van der Waals surface area contributed by atoms with E-state index in [9.17, 15) is 4.79 Å². The second kappa shape index (κ2) is 7.66. The highest BCUT2D eigenvalue weighted by Gasteiger charge is 2.18. The molecule has 0 unspecified atom stereocenters. The molecule has 0 atom stereocenters. The van der Waals surface area contributed by atoms with Gasteiger partial charge in [-0.2, -0.15) is 0 Å². The minimum atomic E-state index is 0.0624. The Kier molecular flexibility index (Phi) is 4.51. The molecule has 1 fully saturated rings. The number of hydrogen-bond acceptors (Lipinski definition) is 3. The molecule has 0 radical (unpaired) electrons. The van der Waals surface area contributed by atoms with Gasteiger partial charge in [0.2, 0.25) is 0 Å². The summed E-state index contributed by atoms with van der Waals surface area (Å²) in [7, 11) is 0. The van der Waals surface area contributed by atoms with Crippen molar-refractivity contribution in [3.05, 3.63) is 84.8 Å². The fraction of sp³-hybridized carbons (Fsp3) is 0.154. The lowest BCUT2D eigenvalue weighted by molar-refractivity contribution is 0.0303. The van der Waals surface area contributed by atoms with Gasteiger partial charge >= 0.3 is 0 Å². The topological polar surface area (TPSA) is 62.6 Å². The van der Waals surface area contributed by atoms with Crippen LogP contribution in [-0.4, -0.2) is 51.5 Å². The molecule has 32 heavy (non-hydrogen) atoms. The summed E-state index contributed by atoms with van der Waals surface area (Å²) >= 11 is 0. The predicted octanol–water partition coefficient (Wildman–Crippen LogP) is 4.62. The van der Waals surface area contributed by atoms with Gasteiger partial charge in [-0.05, 0) is 53.6 Å². The third-order valence-electron chi connectivity index (χ3n) is 6.12. The predicted molar refractivity (Wildman–Crippen MR) is 125 cm³/mol. The Morgan fingerprint density at radius 1 is 0.906 bits per heavy atom. The number of aromatic nitrogens is 3. The molecule has 158 valence electrons. The van der Waals surface area contributed by atoms with Gasteiger partial charge in [0.15, 0.2) is 0 Å². The molecule has 1 aliphatic rings. The number of imidazole rings is 1. The molecule has 1 saturated heterocycles. The molecule has 2 aromatic carbocycles. The van der Waals surface area contributed by atoms with Crippen LogP contribution in [0.2, 0.25) is 0 Å². The van der Waals surface area contributed by atoms with Crippen molar-refractivity contribution in [2.75, 3.05) is 26.3 Å². The average molecular weight is 422 g/mol. The van der Waals surface area contributed by atoms with Crippen LogP contribution in [0.3, 0.4) is 0 Å². The average Bonchev–Trinajstić information content (AvgIpc) is 3.50. The van der Waals surface area contributed by atoms with Gasteiger partial charge in [0.05, 0.1) is 25.1 Å². The van der Waals surface area contributed by atoms with Crippen molar-refractivity contribution in [2.24, 2.45) is 0 Å². The molecule has 0 aliphatic carbocycles. The molecule has 6 heteroatoms. The molecular weight excluding hydrogens is 400 g/mol. The van der Waals surface area contributed by atoms with Crippen LogP contribution < -0.4 is 0 Å². The van der Waals surface area contributed by atoms with Crippen molar-refractivity contribution in [1.82, 2.24) is 19.3 Å². The largest absolute Gasteiger partial charge is 0.378 e. The maximum Gasteiger partial charge on any atom is 0.254 e. The van der Waals surface area contributed by atoms with Crippen molar-refractivity contribution < 1.29 is 9.53 Å². The second-order valence-electron chi connectivity index (χ2n) is 8.05. The van der Waals surface area contributed by atoms with E-state index in [1.54, 1.807) is 0 Å². The molecule has 3 aromatic heterocycles. The summed E-state index contributed by atoms with van der Waals surface area (Å²) in [5, 5.41) is 1.18. The first-order valence-electron chi connectivity index (χ1n) is 10.8. The van der Waals surface area contributed by atoms with E-state index in [4.69, 9.17) is 4.74 Å². The maximum absolute atomic E-state index is 12.7. The number of rotatable bonds is 3. The number of hydrogen-bond donors (Lipinski definition) is 1. The van der Waals surface area contributed by atoms with E-state index in [2.05, 4.69) is 50.9 Å². The van der Waals surface area contributed by atoms with E-state index in [1.165, 1.54) is 5.39 Å². The summed E-state index contributed by atoms with van der Waals surface area (Å²) in [6.45, 7) is 2.51. The van der Waals surface area contributed by atoms with Crippen LogP contribution in [0, 0.1) is 0 Å². The Balaban J connectivity index is 1.33. The lowest BCUT2D eigenvalue weighted by atomic mass is 10.0. The number of aromatic amines is 1. The van der Waals surface area contributed by atoms with Crippen LogP contribution in [0.15, 0.2) is 79.3 Å². The number of benzene rings is 2. The van der Waals surface area contributed by atoms with Gasteiger partial charge in [-0.25, -0.2) is 4.98 Å². The quantitative estimate of drug-likeness (QED) is 0.461. The van der Waals surface area contributed by atoms with Crippen LogP contribution in [0.5, 0.6) is 0 Å². The molecular formula is C26H22N4O2. The third kappa shape index (κ3) is 3.25. The Morgan fingerprint density at radius 2 is 1.69 bits per heavy atom. The summed E-state index contributed by atoms with van der Waals surface area (Å²) in [5.74, 6) is 0.0624. The fourth-order valence-electron chi connectivity index (χ4n) is 4.33. The molecule has 0 saturated carbocycles. The van der Waals surface area contributed by atoms with E-state index in [0.717, 1.165) is 33.5 Å². The highest BCUT2D eigenvalue weighted by molar-refractivity contribution is 5.94. The molecule has 4 heterocycles. The van der Waals surface area contributed by atoms with E-state index >= 15 is 0 Å². The summed E-state index contributed by atoms with van der Waals surface area (Å²) in [5.41, 5.74) is 7.03. The smallest absolute Gasteiger partial charge is 0.254 e. The lowest BCUT2D eigenvalue weighted by Crippen LogP contribution is -2.40. The molecule has 6 rings (SSSR count). The molecule has 6 nitrogen and oxygen atoms in total. The van der Waals surface area contributed by atoms with E-state index < -0.39 is 0 Å². The first kappa shape index (κ1) is 18.8. The number of morpholine rings is 1. The summed E-state index contributed by atoms with van der Waals surface area (Å²) in [4.78, 5) is 22.4. The molecule has 1 amide bonds. The number of carbonyl (C=O) groups excluding carboxylic acids is 1. The highest BCUT2D eigenvalue weighted by Crippen LogP contribution is 2.27. The monoisotopic (exact) mass is 422 g/mol. The number of ether oxygens (including phenoxy) is 1. The number of fused-ring (bicyclic) bond motifs is 2. The van der Waals surface area contributed by atoms with Gasteiger partial charge in [-0.15, -0.1) is 0 Å². The van der Waals surface area contributed by atoms with Gasteiger partial charge in [-0.1, -0.05) is 18.2 Å². The van der Waals surface area contributed by atoms with Gasteiger partial charge in [0.25, 0.3) is 5.91 Å². The van der Waals surface area contributed by atoms with Crippen LogP contribution >= 0.6 is 0 Å². The van der Waals surface area contributed by atoms with E-state index in [-0.39, 0.29) is 5.91 Å².